The highest BCUT2D eigenvalue weighted by atomic mass is 35.5. The Morgan fingerprint density at radius 2 is 2.05 bits per heavy atom. The summed E-state index contributed by atoms with van der Waals surface area (Å²) in [6, 6.07) is 7.64. The summed E-state index contributed by atoms with van der Waals surface area (Å²) >= 11 is 13.8. The van der Waals surface area contributed by atoms with Gasteiger partial charge in [-0.05, 0) is 30.2 Å². The summed E-state index contributed by atoms with van der Waals surface area (Å²) in [6.45, 7) is 2.73. The summed E-state index contributed by atoms with van der Waals surface area (Å²) in [7, 11) is 0. The van der Waals surface area contributed by atoms with E-state index in [4.69, 9.17) is 23.2 Å². The molecule has 1 N–H and O–H groups in total. The van der Waals surface area contributed by atoms with Crippen molar-refractivity contribution in [1.29, 1.82) is 0 Å². The monoisotopic (exact) mass is 337 g/mol. The maximum Gasteiger partial charge on any atom is 0.138 e. The Bertz CT molecular complexity index is 786. The average molecular weight is 338 g/mol. The average Bonchev–Trinajstić information content (AvgIpc) is 2.90. The number of fused-ring (bicyclic) bond motifs is 1. The summed E-state index contributed by atoms with van der Waals surface area (Å²) in [5.41, 5.74) is 0.985. The first-order valence-electron chi connectivity index (χ1n) is 6.58. The lowest BCUT2D eigenvalue weighted by Gasteiger charge is -2.08. The molecule has 0 aliphatic heterocycles. The van der Waals surface area contributed by atoms with E-state index in [2.05, 4.69) is 28.3 Å². The first-order valence-corrected chi connectivity index (χ1v) is 8.16. The van der Waals surface area contributed by atoms with Crippen LogP contribution >= 0.6 is 34.5 Å². The van der Waals surface area contributed by atoms with Gasteiger partial charge >= 0.3 is 0 Å². The largest absolute Gasteiger partial charge is 0.365 e. The molecule has 3 rings (SSSR count). The molecule has 0 saturated carbocycles. The second-order valence-electron chi connectivity index (χ2n) is 4.60. The minimum atomic E-state index is 0.597. The van der Waals surface area contributed by atoms with Crippen LogP contribution in [0.4, 0.5) is 5.82 Å². The van der Waals surface area contributed by atoms with Crippen LogP contribution in [0.1, 0.15) is 17.4 Å². The molecule has 0 unspecified atom stereocenters. The maximum atomic E-state index is 6.19. The number of hydrogen-bond acceptors (Lipinski definition) is 4. The van der Waals surface area contributed by atoms with Crippen LogP contribution in [0.15, 0.2) is 30.6 Å². The van der Waals surface area contributed by atoms with Crippen molar-refractivity contribution in [3.05, 3.63) is 51.1 Å². The standard InChI is InChI=1S/C15H13Cl2N3S/c1-2-11-6-12-14(19-8-20-15(12)21-11)18-7-9-3-4-10(16)5-13(9)17/h3-6,8H,2,7H2,1H3,(H,18,19,20). The number of benzene rings is 1. The van der Waals surface area contributed by atoms with Gasteiger partial charge in [-0.15, -0.1) is 11.3 Å². The molecule has 0 saturated heterocycles. The van der Waals surface area contributed by atoms with Crippen LogP contribution < -0.4 is 5.32 Å². The van der Waals surface area contributed by atoms with Crippen molar-refractivity contribution in [2.24, 2.45) is 0 Å². The van der Waals surface area contributed by atoms with E-state index < -0.39 is 0 Å². The van der Waals surface area contributed by atoms with Crippen LogP contribution in [0, 0.1) is 0 Å². The molecule has 2 heterocycles. The zero-order valence-corrected chi connectivity index (χ0v) is 13.7. The third-order valence-corrected chi connectivity index (χ3v) is 4.96. The van der Waals surface area contributed by atoms with E-state index >= 15 is 0 Å². The van der Waals surface area contributed by atoms with Crippen molar-refractivity contribution in [1.82, 2.24) is 9.97 Å². The van der Waals surface area contributed by atoms with Crippen molar-refractivity contribution in [2.75, 3.05) is 5.32 Å². The summed E-state index contributed by atoms with van der Waals surface area (Å²) in [4.78, 5) is 11.0. The zero-order chi connectivity index (χ0) is 14.8. The molecule has 0 aliphatic rings. The summed E-state index contributed by atoms with van der Waals surface area (Å²) in [5.74, 6) is 0.835. The molecular formula is C15H13Cl2N3S. The molecule has 2 aromatic heterocycles. The Morgan fingerprint density at radius 3 is 2.81 bits per heavy atom. The van der Waals surface area contributed by atoms with Crippen molar-refractivity contribution in [3.63, 3.8) is 0 Å². The van der Waals surface area contributed by atoms with Gasteiger partial charge in [-0.25, -0.2) is 9.97 Å². The minimum absolute atomic E-state index is 0.597. The highest BCUT2D eigenvalue weighted by Gasteiger charge is 2.08. The smallest absolute Gasteiger partial charge is 0.138 e. The quantitative estimate of drug-likeness (QED) is 0.713. The van der Waals surface area contributed by atoms with Crippen molar-refractivity contribution in [3.8, 4) is 0 Å². The molecule has 0 aliphatic carbocycles. The maximum absolute atomic E-state index is 6.19. The van der Waals surface area contributed by atoms with Gasteiger partial charge in [0.1, 0.15) is 17.0 Å². The number of aryl methyl sites for hydroxylation is 1. The van der Waals surface area contributed by atoms with Crippen LogP contribution in [-0.2, 0) is 13.0 Å². The fraction of sp³-hybridized carbons (Fsp3) is 0.200. The predicted molar refractivity (Wildman–Crippen MR) is 90.6 cm³/mol. The van der Waals surface area contributed by atoms with Gasteiger partial charge in [-0.1, -0.05) is 36.2 Å². The number of thiophene rings is 1. The number of halogens is 2. The molecule has 0 spiro atoms. The molecule has 0 fully saturated rings. The molecule has 0 atom stereocenters. The van der Waals surface area contributed by atoms with Gasteiger partial charge < -0.3 is 5.32 Å². The molecule has 21 heavy (non-hydrogen) atoms. The van der Waals surface area contributed by atoms with Crippen molar-refractivity contribution < 1.29 is 0 Å². The van der Waals surface area contributed by atoms with E-state index in [1.165, 1.54) is 4.88 Å². The number of hydrogen-bond donors (Lipinski definition) is 1. The minimum Gasteiger partial charge on any atom is -0.365 e. The van der Waals surface area contributed by atoms with Gasteiger partial charge in [0.05, 0.1) is 5.39 Å². The fourth-order valence-corrected chi connectivity index (χ4v) is 3.47. The number of rotatable bonds is 4. The van der Waals surface area contributed by atoms with Crippen LogP contribution in [-0.4, -0.2) is 9.97 Å². The Balaban J connectivity index is 1.86. The van der Waals surface area contributed by atoms with Crippen LogP contribution in [0.2, 0.25) is 10.0 Å². The molecule has 0 radical (unpaired) electrons. The van der Waals surface area contributed by atoms with E-state index in [0.717, 1.165) is 28.0 Å². The summed E-state index contributed by atoms with van der Waals surface area (Å²) < 4.78 is 0. The molecule has 0 amide bonds. The first kappa shape index (κ1) is 14.6. The fourth-order valence-electron chi connectivity index (χ4n) is 2.06. The molecule has 0 bridgehead atoms. The van der Waals surface area contributed by atoms with Crippen LogP contribution in [0.5, 0.6) is 0 Å². The van der Waals surface area contributed by atoms with Gasteiger partial charge in [0.15, 0.2) is 0 Å². The van der Waals surface area contributed by atoms with Gasteiger partial charge in [0, 0.05) is 21.5 Å². The van der Waals surface area contributed by atoms with E-state index in [1.807, 2.05) is 12.1 Å². The number of anilines is 1. The number of aromatic nitrogens is 2. The van der Waals surface area contributed by atoms with Gasteiger partial charge in [0.2, 0.25) is 0 Å². The second kappa shape index (κ2) is 6.18. The molecule has 3 aromatic rings. The van der Waals surface area contributed by atoms with Crippen molar-refractivity contribution >= 4 is 50.6 Å². The SMILES string of the molecule is CCc1cc2c(NCc3ccc(Cl)cc3Cl)ncnc2s1. The molecule has 6 heteroatoms. The summed E-state index contributed by atoms with van der Waals surface area (Å²) in [6.07, 6.45) is 2.59. The third-order valence-electron chi connectivity index (χ3n) is 3.19. The highest BCUT2D eigenvalue weighted by molar-refractivity contribution is 7.18. The van der Waals surface area contributed by atoms with Crippen LogP contribution in [0.3, 0.4) is 0 Å². The Morgan fingerprint density at radius 1 is 1.19 bits per heavy atom. The summed E-state index contributed by atoms with van der Waals surface area (Å²) in [5, 5.41) is 5.68. The van der Waals surface area contributed by atoms with Gasteiger partial charge in [-0.2, -0.15) is 0 Å². The van der Waals surface area contributed by atoms with E-state index in [-0.39, 0.29) is 0 Å². The first-order chi connectivity index (χ1) is 10.2. The lowest BCUT2D eigenvalue weighted by atomic mass is 10.2. The van der Waals surface area contributed by atoms with E-state index in [9.17, 15) is 0 Å². The number of nitrogens with one attached hydrogen (secondary N) is 1. The van der Waals surface area contributed by atoms with Crippen molar-refractivity contribution in [2.45, 2.75) is 19.9 Å². The van der Waals surface area contributed by atoms with Crippen LogP contribution in [0.25, 0.3) is 10.2 Å². The normalized spacial score (nSPS) is 11.0. The molecule has 1 aromatic carbocycles. The topological polar surface area (TPSA) is 37.8 Å². The third kappa shape index (κ3) is 3.12. The molecule has 3 nitrogen and oxygen atoms in total. The lowest BCUT2D eigenvalue weighted by molar-refractivity contribution is 1.10. The predicted octanol–water partition coefficient (Wildman–Crippen LogP) is 5.17. The van der Waals surface area contributed by atoms with E-state index in [1.54, 1.807) is 23.7 Å². The highest BCUT2D eigenvalue weighted by Crippen LogP contribution is 2.29. The second-order valence-corrected chi connectivity index (χ2v) is 6.56. The lowest BCUT2D eigenvalue weighted by Crippen LogP contribution is -2.02. The Labute approximate surface area is 137 Å². The Kier molecular flexibility index (Phi) is 4.29. The molecule has 108 valence electrons. The molecular weight excluding hydrogens is 325 g/mol. The zero-order valence-electron chi connectivity index (χ0n) is 11.4. The van der Waals surface area contributed by atoms with Gasteiger partial charge in [-0.3, -0.25) is 0 Å². The van der Waals surface area contributed by atoms with E-state index in [0.29, 0.717) is 16.6 Å². The number of nitrogens with zero attached hydrogens (tertiary/aromatic N) is 2. The Hall–Kier alpha value is -1.36. The van der Waals surface area contributed by atoms with Gasteiger partial charge in [0.25, 0.3) is 0 Å².